The molecule has 5 nitrogen and oxygen atoms in total. The van der Waals surface area contributed by atoms with E-state index in [4.69, 9.17) is 0 Å². The van der Waals surface area contributed by atoms with E-state index in [-0.39, 0.29) is 11.7 Å². The van der Waals surface area contributed by atoms with Gasteiger partial charge in [0.1, 0.15) is 11.5 Å². The van der Waals surface area contributed by atoms with E-state index >= 15 is 0 Å². The van der Waals surface area contributed by atoms with Crippen molar-refractivity contribution in [2.45, 2.75) is 26.8 Å². The molecule has 2 aromatic rings. The number of benzene rings is 1. The molecule has 20 heavy (non-hydrogen) atoms. The molecule has 1 heterocycles. The van der Waals surface area contributed by atoms with Crippen LogP contribution < -0.4 is 5.32 Å². The van der Waals surface area contributed by atoms with E-state index in [1.54, 1.807) is 11.3 Å². The molecule has 106 valence electrons. The van der Waals surface area contributed by atoms with E-state index < -0.39 is 10.7 Å². The third-order valence-corrected chi connectivity index (χ3v) is 4.12. The summed E-state index contributed by atoms with van der Waals surface area (Å²) in [4.78, 5) is 15.7. The maximum absolute atomic E-state index is 13.1. The summed E-state index contributed by atoms with van der Waals surface area (Å²) in [5.74, 6) is -0.625. The number of halogens is 1. The van der Waals surface area contributed by atoms with Crippen LogP contribution in [0.25, 0.3) is 0 Å². The van der Waals surface area contributed by atoms with Crippen molar-refractivity contribution in [1.82, 2.24) is 4.98 Å². The minimum atomic E-state index is -0.625. The SMILES string of the molecule is Cc1nc(C)c(C(C)Nc2ccc(F)cc2[N+](=O)[O-])s1. The van der Waals surface area contributed by atoms with Gasteiger partial charge < -0.3 is 5.32 Å². The number of aromatic nitrogens is 1. The van der Waals surface area contributed by atoms with E-state index in [1.165, 1.54) is 12.1 Å². The van der Waals surface area contributed by atoms with Crippen LogP contribution >= 0.6 is 11.3 Å². The smallest absolute Gasteiger partial charge is 0.295 e. The van der Waals surface area contributed by atoms with Gasteiger partial charge in [-0.15, -0.1) is 11.3 Å². The van der Waals surface area contributed by atoms with Crippen molar-refractivity contribution in [3.8, 4) is 0 Å². The van der Waals surface area contributed by atoms with Crippen LogP contribution in [-0.4, -0.2) is 9.91 Å². The van der Waals surface area contributed by atoms with Gasteiger partial charge in [0.2, 0.25) is 0 Å². The largest absolute Gasteiger partial charge is 0.372 e. The van der Waals surface area contributed by atoms with Gasteiger partial charge in [0.05, 0.1) is 27.7 Å². The third kappa shape index (κ3) is 2.93. The molecule has 7 heteroatoms. The minimum absolute atomic E-state index is 0.134. The number of nitro groups is 1. The number of nitrogens with zero attached hydrogens (tertiary/aromatic N) is 2. The Bertz CT molecular complexity index is 657. The van der Waals surface area contributed by atoms with E-state index in [0.29, 0.717) is 5.69 Å². The lowest BCUT2D eigenvalue weighted by Crippen LogP contribution is -2.08. The molecule has 1 aromatic carbocycles. The summed E-state index contributed by atoms with van der Waals surface area (Å²) in [6, 6.07) is 3.37. The average molecular weight is 295 g/mol. The molecule has 0 bridgehead atoms. The number of anilines is 1. The van der Waals surface area contributed by atoms with Gasteiger partial charge in [0.25, 0.3) is 5.69 Å². The number of hydrogen-bond acceptors (Lipinski definition) is 5. The molecular weight excluding hydrogens is 281 g/mol. The molecule has 0 spiro atoms. The monoisotopic (exact) mass is 295 g/mol. The minimum Gasteiger partial charge on any atom is -0.372 e. The lowest BCUT2D eigenvalue weighted by molar-refractivity contribution is -0.384. The summed E-state index contributed by atoms with van der Waals surface area (Å²) in [5, 5.41) is 14.9. The van der Waals surface area contributed by atoms with E-state index in [0.717, 1.165) is 21.6 Å². The Labute approximate surface area is 119 Å². The highest BCUT2D eigenvalue weighted by molar-refractivity contribution is 7.11. The van der Waals surface area contributed by atoms with Crippen molar-refractivity contribution in [1.29, 1.82) is 0 Å². The zero-order valence-electron chi connectivity index (χ0n) is 11.3. The normalized spacial score (nSPS) is 12.2. The van der Waals surface area contributed by atoms with Gasteiger partial charge >= 0.3 is 0 Å². The maximum Gasteiger partial charge on any atom is 0.295 e. The summed E-state index contributed by atoms with van der Waals surface area (Å²) in [6.45, 7) is 5.71. The highest BCUT2D eigenvalue weighted by Crippen LogP contribution is 2.31. The quantitative estimate of drug-likeness (QED) is 0.684. The number of aryl methyl sites for hydroxylation is 2. The Morgan fingerprint density at radius 2 is 2.15 bits per heavy atom. The van der Waals surface area contributed by atoms with Crippen LogP contribution in [0.5, 0.6) is 0 Å². The van der Waals surface area contributed by atoms with Gasteiger partial charge in [-0.2, -0.15) is 0 Å². The Morgan fingerprint density at radius 3 is 2.70 bits per heavy atom. The average Bonchev–Trinajstić information content (AvgIpc) is 2.70. The highest BCUT2D eigenvalue weighted by Gasteiger charge is 2.19. The summed E-state index contributed by atoms with van der Waals surface area (Å²) in [6.07, 6.45) is 0. The number of rotatable bonds is 4. The Kier molecular flexibility index (Phi) is 3.99. The van der Waals surface area contributed by atoms with Crippen molar-refractivity contribution < 1.29 is 9.31 Å². The Hall–Kier alpha value is -2.02. The predicted octanol–water partition coefficient (Wildman–Crippen LogP) is 3.98. The van der Waals surface area contributed by atoms with Gasteiger partial charge in [-0.05, 0) is 32.9 Å². The van der Waals surface area contributed by atoms with Crippen molar-refractivity contribution in [2.75, 3.05) is 5.32 Å². The first kappa shape index (κ1) is 14.4. The molecule has 0 radical (unpaired) electrons. The number of thiazole rings is 1. The Morgan fingerprint density at radius 1 is 1.45 bits per heavy atom. The van der Waals surface area contributed by atoms with E-state index in [1.807, 2.05) is 20.8 Å². The fourth-order valence-electron chi connectivity index (χ4n) is 2.03. The molecule has 1 N–H and O–H groups in total. The van der Waals surface area contributed by atoms with Gasteiger partial charge in [-0.3, -0.25) is 10.1 Å². The zero-order chi connectivity index (χ0) is 14.9. The molecule has 0 aliphatic rings. The first-order valence-electron chi connectivity index (χ1n) is 6.03. The molecule has 0 fully saturated rings. The predicted molar refractivity (Wildman–Crippen MR) is 76.7 cm³/mol. The van der Waals surface area contributed by atoms with Crippen molar-refractivity contribution in [2.24, 2.45) is 0 Å². The van der Waals surface area contributed by atoms with Gasteiger partial charge in [0, 0.05) is 4.88 Å². The second-order valence-electron chi connectivity index (χ2n) is 4.47. The maximum atomic E-state index is 13.1. The lowest BCUT2D eigenvalue weighted by atomic mass is 10.2. The molecule has 0 aliphatic heterocycles. The summed E-state index contributed by atoms with van der Waals surface area (Å²) in [7, 11) is 0. The molecule has 1 unspecified atom stereocenters. The van der Waals surface area contributed by atoms with Crippen LogP contribution in [0.4, 0.5) is 15.8 Å². The molecular formula is C13H14FN3O2S. The van der Waals surface area contributed by atoms with Gasteiger partial charge in [0.15, 0.2) is 0 Å². The summed E-state index contributed by atoms with van der Waals surface area (Å²) >= 11 is 1.54. The number of nitrogens with one attached hydrogen (secondary N) is 1. The van der Waals surface area contributed by atoms with Crippen LogP contribution in [-0.2, 0) is 0 Å². The van der Waals surface area contributed by atoms with Crippen LogP contribution in [0.2, 0.25) is 0 Å². The van der Waals surface area contributed by atoms with E-state index in [2.05, 4.69) is 10.3 Å². The summed E-state index contributed by atoms with van der Waals surface area (Å²) in [5.41, 5.74) is 0.933. The standard InChI is InChI=1S/C13H14FN3O2S/c1-7-13(20-9(3)15-7)8(2)16-11-5-4-10(14)6-12(11)17(18)19/h4-6,8,16H,1-3H3. The fourth-order valence-corrected chi connectivity index (χ4v) is 2.96. The molecule has 1 atom stereocenters. The van der Waals surface area contributed by atoms with Gasteiger partial charge in [-0.1, -0.05) is 0 Å². The van der Waals surface area contributed by atoms with Crippen molar-refractivity contribution in [3.63, 3.8) is 0 Å². The van der Waals surface area contributed by atoms with Crippen LogP contribution in [0.15, 0.2) is 18.2 Å². The van der Waals surface area contributed by atoms with Crippen molar-refractivity contribution in [3.05, 3.63) is 49.7 Å². The molecule has 0 aliphatic carbocycles. The molecule has 0 saturated carbocycles. The van der Waals surface area contributed by atoms with E-state index in [9.17, 15) is 14.5 Å². The summed E-state index contributed by atoms with van der Waals surface area (Å²) < 4.78 is 13.1. The second-order valence-corrected chi connectivity index (χ2v) is 5.70. The molecule has 0 amide bonds. The van der Waals surface area contributed by atoms with Crippen LogP contribution in [0.3, 0.4) is 0 Å². The first-order chi connectivity index (χ1) is 9.38. The zero-order valence-corrected chi connectivity index (χ0v) is 12.1. The number of nitro benzene ring substituents is 1. The van der Waals surface area contributed by atoms with Crippen LogP contribution in [0.1, 0.15) is 28.5 Å². The first-order valence-corrected chi connectivity index (χ1v) is 6.84. The fraction of sp³-hybridized carbons (Fsp3) is 0.308. The topological polar surface area (TPSA) is 68.1 Å². The lowest BCUT2D eigenvalue weighted by Gasteiger charge is -2.14. The molecule has 2 rings (SSSR count). The Balaban J connectivity index is 2.30. The van der Waals surface area contributed by atoms with Crippen molar-refractivity contribution >= 4 is 22.7 Å². The highest BCUT2D eigenvalue weighted by atomic mass is 32.1. The molecule has 0 saturated heterocycles. The second kappa shape index (κ2) is 5.54. The molecule has 1 aromatic heterocycles. The third-order valence-electron chi connectivity index (χ3n) is 2.86. The van der Waals surface area contributed by atoms with Crippen LogP contribution in [0, 0.1) is 29.8 Å². The van der Waals surface area contributed by atoms with Gasteiger partial charge in [-0.25, -0.2) is 9.37 Å². The number of hydrogen-bond donors (Lipinski definition) is 1.